The van der Waals surface area contributed by atoms with Crippen LogP contribution in [0.1, 0.15) is 32.8 Å². The fraction of sp³-hybridized carbons (Fsp3) is 0.412. The number of benzene rings is 1. The Hall–Kier alpha value is -1.54. The lowest BCUT2D eigenvalue weighted by molar-refractivity contribution is 0.589. The molecular formula is C17H24N2. The molecule has 0 aliphatic heterocycles. The van der Waals surface area contributed by atoms with Crippen LogP contribution in [0.15, 0.2) is 42.6 Å². The van der Waals surface area contributed by atoms with Gasteiger partial charge in [-0.15, -0.1) is 0 Å². The number of fused-ring (bicyclic) bond motifs is 1. The van der Waals surface area contributed by atoms with Crippen LogP contribution in [-0.4, -0.2) is 10.6 Å². The van der Waals surface area contributed by atoms with Crippen molar-refractivity contribution in [3.05, 3.63) is 48.2 Å². The van der Waals surface area contributed by atoms with Crippen molar-refractivity contribution in [2.75, 3.05) is 0 Å². The number of aromatic nitrogens is 1. The van der Waals surface area contributed by atoms with E-state index >= 15 is 0 Å². The second-order valence-electron chi connectivity index (χ2n) is 5.48. The van der Waals surface area contributed by atoms with E-state index in [1.165, 1.54) is 22.0 Å². The summed E-state index contributed by atoms with van der Waals surface area (Å²) >= 11 is 0. The molecule has 1 N–H and O–H groups in total. The normalized spacial score (nSPS) is 11.4. The van der Waals surface area contributed by atoms with Crippen molar-refractivity contribution >= 4 is 10.9 Å². The van der Waals surface area contributed by atoms with E-state index in [1.807, 2.05) is 0 Å². The molecule has 0 unspecified atom stereocenters. The minimum Gasteiger partial charge on any atom is -0.343 e. The van der Waals surface area contributed by atoms with Gasteiger partial charge in [-0.2, -0.15) is 0 Å². The largest absolute Gasteiger partial charge is 0.343 e. The molecule has 0 spiro atoms. The van der Waals surface area contributed by atoms with Gasteiger partial charge in [-0.1, -0.05) is 39.0 Å². The summed E-state index contributed by atoms with van der Waals surface area (Å²) in [5.41, 5.74) is 3.90. The molecule has 2 heteroatoms. The van der Waals surface area contributed by atoms with E-state index in [4.69, 9.17) is 0 Å². The zero-order valence-electron chi connectivity index (χ0n) is 12.2. The molecule has 0 bridgehead atoms. The van der Waals surface area contributed by atoms with E-state index in [2.05, 4.69) is 67.7 Å². The van der Waals surface area contributed by atoms with Crippen LogP contribution < -0.4 is 5.32 Å². The smallest absolute Gasteiger partial charge is 0.0483 e. The first-order valence-electron chi connectivity index (χ1n) is 7.08. The standard InChI is InChI=1S/C17H24N2/c1-5-14(4)12-19-9-8-16-10-15(6-7-17(16)19)11-18-13(2)3/h6-10,13,18H,4-5,11-12H2,1-3H3. The van der Waals surface area contributed by atoms with Gasteiger partial charge in [-0.25, -0.2) is 0 Å². The van der Waals surface area contributed by atoms with Crippen molar-refractivity contribution < 1.29 is 0 Å². The van der Waals surface area contributed by atoms with Crippen LogP contribution in [0.3, 0.4) is 0 Å². The number of hydrogen-bond acceptors (Lipinski definition) is 1. The van der Waals surface area contributed by atoms with E-state index in [9.17, 15) is 0 Å². The fourth-order valence-corrected chi connectivity index (χ4v) is 2.17. The second kappa shape index (κ2) is 6.07. The molecular weight excluding hydrogens is 232 g/mol. The maximum absolute atomic E-state index is 4.09. The summed E-state index contributed by atoms with van der Waals surface area (Å²) in [6.45, 7) is 12.4. The summed E-state index contributed by atoms with van der Waals surface area (Å²) in [7, 11) is 0. The van der Waals surface area contributed by atoms with Crippen molar-refractivity contribution in [1.82, 2.24) is 9.88 Å². The third-order valence-electron chi connectivity index (χ3n) is 3.44. The molecule has 2 nitrogen and oxygen atoms in total. The lowest BCUT2D eigenvalue weighted by atomic mass is 10.1. The fourth-order valence-electron chi connectivity index (χ4n) is 2.17. The highest BCUT2D eigenvalue weighted by Gasteiger charge is 2.03. The number of hydrogen-bond donors (Lipinski definition) is 1. The van der Waals surface area contributed by atoms with Gasteiger partial charge >= 0.3 is 0 Å². The molecule has 102 valence electrons. The molecule has 0 radical (unpaired) electrons. The molecule has 0 aliphatic rings. The minimum absolute atomic E-state index is 0.521. The van der Waals surface area contributed by atoms with E-state index < -0.39 is 0 Å². The van der Waals surface area contributed by atoms with E-state index in [0.29, 0.717) is 6.04 Å². The number of allylic oxidation sites excluding steroid dienone is 1. The number of nitrogens with one attached hydrogen (secondary N) is 1. The highest BCUT2D eigenvalue weighted by atomic mass is 15.0. The van der Waals surface area contributed by atoms with Crippen molar-refractivity contribution in [3.8, 4) is 0 Å². The van der Waals surface area contributed by atoms with Crippen LogP contribution in [0.25, 0.3) is 10.9 Å². The topological polar surface area (TPSA) is 17.0 Å². The molecule has 0 fully saturated rings. The summed E-state index contributed by atoms with van der Waals surface area (Å²) in [5, 5.41) is 4.77. The van der Waals surface area contributed by atoms with Crippen molar-refractivity contribution in [3.63, 3.8) is 0 Å². The van der Waals surface area contributed by atoms with Gasteiger partial charge in [-0.05, 0) is 35.6 Å². The Bertz CT molecular complexity index is 564. The molecule has 1 heterocycles. The Morgan fingerprint density at radius 1 is 1.32 bits per heavy atom. The molecule has 0 saturated heterocycles. The van der Waals surface area contributed by atoms with Gasteiger partial charge in [0.2, 0.25) is 0 Å². The van der Waals surface area contributed by atoms with Crippen molar-refractivity contribution in [2.45, 2.75) is 46.3 Å². The lowest BCUT2D eigenvalue weighted by Crippen LogP contribution is -2.21. The van der Waals surface area contributed by atoms with Gasteiger partial charge in [0.1, 0.15) is 0 Å². The summed E-state index contributed by atoms with van der Waals surface area (Å²) < 4.78 is 2.28. The summed E-state index contributed by atoms with van der Waals surface area (Å²) in [6.07, 6.45) is 3.20. The lowest BCUT2D eigenvalue weighted by Gasteiger charge is -2.09. The Balaban J connectivity index is 2.19. The average molecular weight is 256 g/mol. The van der Waals surface area contributed by atoms with Gasteiger partial charge in [-0.3, -0.25) is 0 Å². The molecule has 1 aromatic heterocycles. The highest BCUT2D eigenvalue weighted by molar-refractivity contribution is 5.81. The molecule has 1 aromatic carbocycles. The van der Waals surface area contributed by atoms with E-state index in [1.54, 1.807) is 0 Å². The quantitative estimate of drug-likeness (QED) is 0.770. The van der Waals surface area contributed by atoms with E-state index in [-0.39, 0.29) is 0 Å². The molecule has 0 atom stereocenters. The number of rotatable bonds is 6. The van der Waals surface area contributed by atoms with Crippen LogP contribution >= 0.6 is 0 Å². The number of nitrogens with zero attached hydrogens (tertiary/aromatic N) is 1. The molecule has 2 aromatic rings. The first kappa shape index (κ1) is 13.9. The second-order valence-corrected chi connectivity index (χ2v) is 5.48. The van der Waals surface area contributed by atoms with Gasteiger partial charge < -0.3 is 9.88 Å². The maximum atomic E-state index is 4.09. The first-order chi connectivity index (χ1) is 9.10. The van der Waals surface area contributed by atoms with Crippen LogP contribution in [-0.2, 0) is 13.1 Å². The van der Waals surface area contributed by atoms with Gasteiger partial charge in [0.25, 0.3) is 0 Å². The van der Waals surface area contributed by atoms with Crippen LogP contribution in [0.4, 0.5) is 0 Å². The average Bonchev–Trinajstić information content (AvgIpc) is 2.78. The van der Waals surface area contributed by atoms with E-state index in [0.717, 1.165) is 19.5 Å². The summed E-state index contributed by atoms with van der Waals surface area (Å²) in [4.78, 5) is 0. The monoisotopic (exact) mass is 256 g/mol. The predicted molar refractivity (Wildman–Crippen MR) is 83.3 cm³/mol. The third-order valence-corrected chi connectivity index (χ3v) is 3.44. The van der Waals surface area contributed by atoms with Crippen molar-refractivity contribution in [1.29, 1.82) is 0 Å². The molecule has 0 aliphatic carbocycles. The van der Waals surface area contributed by atoms with Gasteiger partial charge in [0.05, 0.1) is 0 Å². The van der Waals surface area contributed by atoms with Gasteiger partial charge in [0.15, 0.2) is 0 Å². The summed E-state index contributed by atoms with van der Waals surface area (Å²) in [6, 6.07) is 9.42. The zero-order chi connectivity index (χ0) is 13.8. The zero-order valence-corrected chi connectivity index (χ0v) is 12.2. The Morgan fingerprint density at radius 3 is 2.79 bits per heavy atom. The van der Waals surface area contributed by atoms with Gasteiger partial charge in [0, 0.05) is 30.8 Å². The maximum Gasteiger partial charge on any atom is 0.0483 e. The van der Waals surface area contributed by atoms with Crippen LogP contribution in [0, 0.1) is 0 Å². The van der Waals surface area contributed by atoms with Crippen LogP contribution in [0.5, 0.6) is 0 Å². The Labute approximate surface area is 116 Å². The minimum atomic E-state index is 0.521. The van der Waals surface area contributed by atoms with Crippen molar-refractivity contribution in [2.24, 2.45) is 0 Å². The van der Waals surface area contributed by atoms with Crippen LogP contribution in [0.2, 0.25) is 0 Å². The Morgan fingerprint density at radius 2 is 2.11 bits per heavy atom. The summed E-state index contributed by atoms with van der Waals surface area (Å²) in [5.74, 6) is 0. The predicted octanol–water partition coefficient (Wildman–Crippen LogP) is 4.11. The third kappa shape index (κ3) is 3.48. The molecule has 19 heavy (non-hydrogen) atoms. The highest BCUT2D eigenvalue weighted by Crippen LogP contribution is 2.19. The molecule has 0 saturated carbocycles. The molecule has 0 amide bonds. The SMILES string of the molecule is C=C(CC)Cn1ccc2cc(CNC(C)C)ccc21. The Kier molecular flexibility index (Phi) is 4.43. The first-order valence-corrected chi connectivity index (χ1v) is 7.08. The molecule has 2 rings (SSSR count).